The van der Waals surface area contributed by atoms with Crippen molar-refractivity contribution in [3.63, 3.8) is 0 Å². The van der Waals surface area contributed by atoms with Crippen molar-refractivity contribution in [3.05, 3.63) is 72.6 Å². The molecule has 2 atom stereocenters. The molecule has 1 fully saturated rings. The van der Waals surface area contributed by atoms with Crippen molar-refractivity contribution in [1.82, 2.24) is 19.9 Å². The van der Waals surface area contributed by atoms with E-state index in [4.69, 9.17) is 0 Å². The minimum absolute atomic E-state index is 0.00269. The predicted octanol–water partition coefficient (Wildman–Crippen LogP) is 4.38. The molecule has 8 heteroatoms. The number of hydrogen-bond acceptors (Lipinski definition) is 5. The molecule has 0 radical (unpaired) electrons. The Balaban J connectivity index is 1.33. The van der Waals surface area contributed by atoms with Gasteiger partial charge in [-0.15, -0.1) is 0 Å². The lowest BCUT2D eigenvalue weighted by Crippen LogP contribution is -2.43. The Morgan fingerprint density at radius 1 is 1.17 bits per heavy atom. The van der Waals surface area contributed by atoms with E-state index in [0.29, 0.717) is 5.56 Å². The van der Waals surface area contributed by atoms with Gasteiger partial charge in [0.05, 0.1) is 27.8 Å². The van der Waals surface area contributed by atoms with Crippen molar-refractivity contribution >= 4 is 32.6 Å². The predicted molar refractivity (Wildman–Crippen MR) is 116 cm³/mol. The van der Waals surface area contributed by atoms with Gasteiger partial charge in [0, 0.05) is 24.5 Å². The number of carbonyl (C=O) groups is 1. The second-order valence-electron chi connectivity index (χ2n) is 7.38. The summed E-state index contributed by atoms with van der Waals surface area (Å²) in [4.78, 5) is 21.7. The van der Waals surface area contributed by atoms with Gasteiger partial charge in [0.15, 0.2) is 5.13 Å². The summed E-state index contributed by atoms with van der Waals surface area (Å²) >= 11 is 1.43. The number of benzene rings is 2. The van der Waals surface area contributed by atoms with Gasteiger partial charge >= 0.3 is 0 Å². The quantitative estimate of drug-likeness (QED) is 0.502. The third-order valence-corrected chi connectivity index (χ3v) is 6.37. The van der Waals surface area contributed by atoms with E-state index < -0.39 is 0 Å². The number of nitrogens with zero attached hydrogens (tertiary/aromatic N) is 3. The molecule has 1 saturated carbocycles. The van der Waals surface area contributed by atoms with Crippen LogP contribution in [-0.2, 0) is 0 Å². The van der Waals surface area contributed by atoms with Gasteiger partial charge in [-0.25, -0.2) is 14.4 Å². The zero-order valence-electron chi connectivity index (χ0n) is 16.1. The summed E-state index contributed by atoms with van der Waals surface area (Å²) in [7, 11) is 0. The average molecular weight is 422 g/mol. The monoisotopic (exact) mass is 421 g/mol. The van der Waals surface area contributed by atoms with Crippen LogP contribution >= 0.6 is 11.3 Å². The molecule has 2 N–H and O–H groups in total. The van der Waals surface area contributed by atoms with Crippen molar-refractivity contribution in [1.29, 1.82) is 0 Å². The minimum Gasteiger partial charge on any atom is -0.357 e. The SMILES string of the molecule is O=C(NC1CCCC1Nc1nc2ccc(F)cc2s1)c1ccccc1-n1ccnc1. The van der Waals surface area contributed by atoms with E-state index in [2.05, 4.69) is 20.6 Å². The lowest BCUT2D eigenvalue weighted by Gasteiger charge is -2.22. The molecule has 2 aromatic carbocycles. The minimum atomic E-state index is -0.264. The molecule has 0 spiro atoms. The van der Waals surface area contributed by atoms with Crippen molar-refractivity contribution in [2.24, 2.45) is 0 Å². The van der Waals surface area contributed by atoms with Crippen molar-refractivity contribution in [2.45, 2.75) is 31.3 Å². The first kappa shape index (κ1) is 18.7. The van der Waals surface area contributed by atoms with E-state index in [1.165, 1.54) is 23.5 Å². The topological polar surface area (TPSA) is 71.8 Å². The molecule has 0 bridgehead atoms. The molecular weight excluding hydrogens is 401 g/mol. The zero-order valence-corrected chi connectivity index (χ0v) is 16.9. The number of nitrogens with one attached hydrogen (secondary N) is 2. The number of thiazole rings is 1. The second kappa shape index (κ2) is 7.87. The number of rotatable bonds is 5. The van der Waals surface area contributed by atoms with Gasteiger partial charge in [0.2, 0.25) is 0 Å². The zero-order chi connectivity index (χ0) is 20.5. The Kier molecular flexibility index (Phi) is 4.92. The number of aromatic nitrogens is 3. The summed E-state index contributed by atoms with van der Waals surface area (Å²) < 4.78 is 16.1. The Bertz CT molecular complexity index is 1190. The van der Waals surface area contributed by atoms with E-state index in [1.807, 2.05) is 35.0 Å². The number of carbonyl (C=O) groups excluding carboxylic acids is 1. The molecule has 1 aliphatic rings. The Hall–Kier alpha value is -3.26. The maximum absolute atomic E-state index is 13.5. The van der Waals surface area contributed by atoms with Gasteiger partial charge in [0.1, 0.15) is 5.82 Å². The van der Waals surface area contributed by atoms with Crippen LogP contribution in [0.4, 0.5) is 9.52 Å². The second-order valence-corrected chi connectivity index (χ2v) is 8.41. The molecule has 4 aromatic rings. The van der Waals surface area contributed by atoms with Crippen LogP contribution in [0.2, 0.25) is 0 Å². The summed E-state index contributed by atoms with van der Waals surface area (Å²) in [5.74, 6) is -0.371. The maximum Gasteiger partial charge on any atom is 0.253 e. The van der Waals surface area contributed by atoms with Crippen LogP contribution in [0, 0.1) is 5.82 Å². The van der Waals surface area contributed by atoms with E-state index in [9.17, 15) is 9.18 Å². The van der Waals surface area contributed by atoms with Gasteiger partial charge < -0.3 is 15.2 Å². The van der Waals surface area contributed by atoms with Crippen LogP contribution in [-0.4, -0.2) is 32.5 Å². The summed E-state index contributed by atoms with van der Waals surface area (Å²) in [5.41, 5.74) is 2.18. The summed E-state index contributed by atoms with van der Waals surface area (Å²) in [6.45, 7) is 0. The normalized spacial score (nSPS) is 18.6. The van der Waals surface area contributed by atoms with Crippen LogP contribution in [0.15, 0.2) is 61.2 Å². The molecule has 0 saturated heterocycles. The van der Waals surface area contributed by atoms with Crippen LogP contribution in [0.5, 0.6) is 0 Å². The molecule has 2 unspecified atom stereocenters. The van der Waals surface area contributed by atoms with Gasteiger partial charge in [-0.2, -0.15) is 0 Å². The van der Waals surface area contributed by atoms with Crippen LogP contribution in [0.1, 0.15) is 29.6 Å². The van der Waals surface area contributed by atoms with Gasteiger partial charge in [-0.05, 0) is 49.6 Å². The molecule has 6 nitrogen and oxygen atoms in total. The van der Waals surface area contributed by atoms with Crippen LogP contribution < -0.4 is 10.6 Å². The van der Waals surface area contributed by atoms with Crippen LogP contribution in [0.3, 0.4) is 0 Å². The third-order valence-electron chi connectivity index (χ3n) is 5.42. The lowest BCUT2D eigenvalue weighted by atomic mass is 10.1. The first-order valence-corrected chi connectivity index (χ1v) is 10.7. The van der Waals surface area contributed by atoms with Crippen molar-refractivity contribution in [2.75, 3.05) is 5.32 Å². The molecule has 1 aliphatic carbocycles. The summed E-state index contributed by atoms with van der Waals surface area (Å²) in [6, 6.07) is 12.2. The smallest absolute Gasteiger partial charge is 0.253 e. The standard InChI is InChI=1S/C22H20FN5OS/c23-14-8-9-18-20(12-14)30-22(27-18)26-17-6-3-5-16(17)25-21(29)15-4-1-2-7-19(15)28-11-10-24-13-28/h1-2,4,7-13,16-17H,3,5-6H2,(H,25,29)(H,26,27). The molecule has 0 aliphatic heterocycles. The molecular formula is C22H20FN5OS. The number of hydrogen-bond donors (Lipinski definition) is 2. The van der Waals surface area contributed by atoms with Gasteiger partial charge in [-0.1, -0.05) is 23.5 Å². The molecule has 5 rings (SSSR count). The van der Waals surface area contributed by atoms with E-state index in [1.54, 1.807) is 18.6 Å². The Morgan fingerprint density at radius 3 is 2.90 bits per heavy atom. The Morgan fingerprint density at radius 2 is 2.03 bits per heavy atom. The van der Waals surface area contributed by atoms with E-state index in [-0.39, 0.29) is 23.8 Å². The van der Waals surface area contributed by atoms with Gasteiger partial charge in [0.25, 0.3) is 5.91 Å². The number of imidazole rings is 1. The third kappa shape index (κ3) is 3.66. The maximum atomic E-state index is 13.5. The molecule has 152 valence electrons. The largest absolute Gasteiger partial charge is 0.357 e. The average Bonchev–Trinajstić information content (AvgIpc) is 3.49. The number of amides is 1. The molecule has 1 amide bonds. The number of fused-ring (bicyclic) bond motifs is 1. The number of para-hydroxylation sites is 1. The van der Waals surface area contributed by atoms with E-state index >= 15 is 0 Å². The highest BCUT2D eigenvalue weighted by molar-refractivity contribution is 7.22. The number of halogens is 1. The highest BCUT2D eigenvalue weighted by Gasteiger charge is 2.30. The highest BCUT2D eigenvalue weighted by Crippen LogP contribution is 2.30. The first-order chi connectivity index (χ1) is 14.7. The van der Waals surface area contributed by atoms with Gasteiger partial charge in [-0.3, -0.25) is 4.79 Å². The summed E-state index contributed by atoms with van der Waals surface area (Å²) in [5, 5.41) is 7.40. The molecule has 2 heterocycles. The lowest BCUT2D eigenvalue weighted by molar-refractivity contribution is 0.0936. The fraction of sp³-hybridized carbons (Fsp3) is 0.227. The fourth-order valence-corrected chi connectivity index (χ4v) is 4.92. The van der Waals surface area contributed by atoms with Crippen molar-refractivity contribution < 1.29 is 9.18 Å². The van der Waals surface area contributed by atoms with E-state index in [0.717, 1.165) is 40.3 Å². The Labute approximate surface area is 176 Å². The summed E-state index contributed by atoms with van der Waals surface area (Å²) in [6.07, 6.45) is 8.05. The highest BCUT2D eigenvalue weighted by atomic mass is 32.1. The number of anilines is 1. The van der Waals surface area contributed by atoms with Crippen molar-refractivity contribution in [3.8, 4) is 5.69 Å². The fourth-order valence-electron chi connectivity index (χ4n) is 3.96. The molecule has 30 heavy (non-hydrogen) atoms. The first-order valence-electron chi connectivity index (χ1n) is 9.88. The van der Waals surface area contributed by atoms with Crippen LogP contribution in [0.25, 0.3) is 15.9 Å². The molecule has 2 aromatic heterocycles.